The maximum absolute atomic E-state index is 12.6. The normalized spacial score (nSPS) is 35.1. The van der Waals surface area contributed by atoms with E-state index in [1.165, 1.54) is 17.0 Å². The minimum absolute atomic E-state index is 0. The van der Waals surface area contributed by atoms with Crippen LogP contribution in [0.2, 0.25) is 0 Å². The van der Waals surface area contributed by atoms with Crippen LogP contribution in [0.4, 0.5) is 0 Å². The van der Waals surface area contributed by atoms with Gasteiger partial charge in [0.1, 0.15) is 0 Å². The predicted octanol–water partition coefficient (Wildman–Crippen LogP) is 1.10. The van der Waals surface area contributed by atoms with E-state index in [-0.39, 0.29) is 36.3 Å². The lowest BCUT2D eigenvalue weighted by atomic mass is 9.65. The summed E-state index contributed by atoms with van der Waals surface area (Å²) >= 11 is 0. The third kappa shape index (κ3) is 4.42. The van der Waals surface area contributed by atoms with E-state index in [1.54, 1.807) is 0 Å². The van der Waals surface area contributed by atoms with Crippen LogP contribution in [0.3, 0.4) is 0 Å². The van der Waals surface area contributed by atoms with Crippen LogP contribution in [-0.2, 0) is 14.8 Å². The first-order valence-electron chi connectivity index (χ1n) is 8.85. The van der Waals surface area contributed by atoms with Crippen molar-refractivity contribution in [2.45, 2.75) is 57.0 Å². The van der Waals surface area contributed by atoms with Crippen LogP contribution in [0.25, 0.3) is 0 Å². The van der Waals surface area contributed by atoms with Crippen molar-refractivity contribution in [3.63, 3.8) is 0 Å². The summed E-state index contributed by atoms with van der Waals surface area (Å²) in [6.07, 6.45) is 8.08. The minimum Gasteiger partial charge on any atom is -0.353 e. The Morgan fingerprint density at radius 2 is 1.62 bits per heavy atom. The van der Waals surface area contributed by atoms with E-state index in [9.17, 15) is 13.2 Å². The number of nitrogens with zero attached hydrogens (tertiary/aromatic N) is 1. The number of nitrogens with two attached hydrogens (primary N) is 1. The average molecular weight is 380 g/mol. The fourth-order valence-electron chi connectivity index (χ4n) is 4.65. The zero-order valence-electron chi connectivity index (χ0n) is 14.3. The molecule has 0 spiro atoms. The van der Waals surface area contributed by atoms with E-state index in [0.29, 0.717) is 37.8 Å². The molecule has 6 nitrogen and oxygen atoms in total. The fourth-order valence-corrected chi connectivity index (χ4v) is 5.53. The third-order valence-electron chi connectivity index (χ3n) is 6.05. The molecule has 0 aromatic rings. The van der Waals surface area contributed by atoms with Gasteiger partial charge in [0.2, 0.25) is 15.9 Å². The molecular weight excluding hydrogens is 350 g/mol. The molecule has 0 aromatic heterocycles. The number of piperidine rings is 1. The van der Waals surface area contributed by atoms with Crippen molar-refractivity contribution in [1.82, 2.24) is 9.62 Å². The molecule has 24 heavy (non-hydrogen) atoms. The number of nitrogens with one attached hydrogen (secondary N) is 1. The molecule has 2 aliphatic carbocycles. The molecule has 2 unspecified atom stereocenters. The van der Waals surface area contributed by atoms with Gasteiger partial charge in [-0.25, -0.2) is 12.7 Å². The standard InChI is InChI=1S/C16H29N3O3S.ClH/c1-23(21,22)19-7-5-14(6-8-19)18-16(20)13-9-11-3-2-4-12(10-13)15(11)17;/h11-15H,2-10,17H2,1H3,(H,18,20);1H. The molecule has 2 atom stereocenters. The van der Waals surface area contributed by atoms with Crippen LogP contribution in [0.1, 0.15) is 44.9 Å². The van der Waals surface area contributed by atoms with Gasteiger partial charge < -0.3 is 11.1 Å². The summed E-state index contributed by atoms with van der Waals surface area (Å²) in [5.74, 6) is 1.26. The topological polar surface area (TPSA) is 92.5 Å². The lowest BCUT2D eigenvalue weighted by molar-refractivity contribution is -0.128. The first kappa shape index (κ1) is 19.9. The zero-order chi connectivity index (χ0) is 16.6. The molecule has 2 saturated carbocycles. The molecule has 1 heterocycles. The van der Waals surface area contributed by atoms with E-state index in [4.69, 9.17) is 5.73 Å². The van der Waals surface area contributed by atoms with Crippen molar-refractivity contribution in [3.05, 3.63) is 0 Å². The molecule has 1 saturated heterocycles. The highest BCUT2D eigenvalue weighted by molar-refractivity contribution is 7.88. The van der Waals surface area contributed by atoms with Crippen LogP contribution in [-0.4, -0.2) is 50.1 Å². The molecule has 3 N–H and O–H groups in total. The second-order valence-electron chi connectivity index (χ2n) is 7.64. The maximum atomic E-state index is 12.6. The smallest absolute Gasteiger partial charge is 0.223 e. The number of hydrogen-bond acceptors (Lipinski definition) is 4. The summed E-state index contributed by atoms with van der Waals surface area (Å²) in [5.41, 5.74) is 6.29. The fraction of sp³-hybridized carbons (Fsp3) is 0.938. The van der Waals surface area contributed by atoms with E-state index < -0.39 is 10.0 Å². The molecule has 2 bridgehead atoms. The van der Waals surface area contributed by atoms with Gasteiger partial charge in [-0.3, -0.25) is 4.79 Å². The van der Waals surface area contributed by atoms with Crippen molar-refractivity contribution >= 4 is 28.3 Å². The quantitative estimate of drug-likeness (QED) is 0.768. The summed E-state index contributed by atoms with van der Waals surface area (Å²) in [5, 5.41) is 3.16. The lowest BCUT2D eigenvalue weighted by Crippen LogP contribution is -2.51. The van der Waals surface area contributed by atoms with Gasteiger partial charge in [-0.05, 0) is 50.4 Å². The van der Waals surface area contributed by atoms with Gasteiger partial charge in [-0.1, -0.05) is 6.42 Å². The summed E-state index contributed by atoms with van der Waals surface area (Å²) in [6.45, 7) is 1.01. The number of sulfonamides is 1. The van der Waals surface area contributed by atoms with Crippen molar-refractivity contribution in [3.8, 4) is 0 Å². The van der Waals surface area contributed by atoms with Gasteiger partial charge in [-0.15, -0.1) is 12.4 Å². The molecule has 0 aromatic carbocycles. The van der Waals surface area contributed by atoms with E-state index in [1.807, 2.05) is 0 Å². The second-order valence-corrected chi connectivity index (χ2v) is 9.62. The molecule has 3 fully saturated rings. The second kappa shape index (κ2) is 7.89. The van der Waals surface area contributed by atoms with Crippen LogP contribution >= 0.6 is 12.4 Å². The molecule has 140 valence electrons. The average Bonchev–Trinajstić information content (AvgIpc) is 2.46. The van der Waals surface area contributed by atoms with Gasteiger partial charge in [0, 0.05) is 31.1 Å². The number of hydrogen-bond donors (Lipinski definition) is 2. The van der Waals surface area contributed by atoms with E-state index >= 15 is 0 Å². The van der Waals surface area contributed by atoms with Crippen LogP contribution in [0.5, 0.6) is 0 Å². The number of carbonyl (C=O) groups excluding carboxylic acids is 1. The Morgan fingerprint density at radius 1 is 1.08 bits per heavy atom. The third-order valence-corrected chi connectivity index (χ3v) is 7.36. The van der Waals surface area contributed by atoms with Gasteiger partial charge in [0.05, 0.1) is 6.26 Å². The Bertz CT molecular complexity index is 535. The molecule has 1 amide bonds. The monoisotopic (exact) mass is 379 g/mol. The summed E-state index contributed by atoms with van der Waals surface area (Å²) in [4.78, 5) is 12.6. The minimum atomic E-state index is -3.11. The Kier molecular flexibility index (Phi) is 6.56. The van der Waals surface area contributed by atoms with Crippen molar-refractivity contribution in [2.75, 3.05) is 19.3 Å². The number of amides is 1. The van der Waals surface area contributed by atoms with Crippen molar-refractivity contribution < 1.29 is 13.2 Å². The zero-order valence-corrected chi connectivity index (χ0v) is 15.9. The Morgan fingerprint density at radius 3 is 2.12 bits per heavy atom. The van der Waals surface area contributed by atoms with Gasteiger partial charge in [0.25, 0.3) is 0 Å². The number of rotatable bonds is 3. The summed E-state index contributed by atoms with van der Waals surface area (Å²) in [6, 6.07) is 0.391. The SMILES string of the molecule is CS(=O)(=O)N1CCC(NC(=O)C2CC3CCCC(C2)C3N)CC1.Cl. The predicted molar refractivity (Wildman–Crippen MR) is 96.4 cm³/mol. The van der Waals surface area contributed by atoms with Gasteiger partial charge >= 0.3 is 0 Å². The maximum Gasteiger partial charge on any atom is 0.223 e. The van der Waals surface area contributed by atoms with E-state index in [0.717, 1.165) is 25.7 Å². The Labute approximate surface area is 151 Å². The Hall–Kier alpha value is -0.370. The highest BCUT2D eigenvalue weighted by Gasteiger charge is 2.41. The molecular formula is C16H30ClN3O3S. The largest absolute Gasteiger partial charge is 0.353 e. The van der Waals surface area contributed by atoms with Gasteiger partial charge in [-0.2, -0.15) is 0 Å². The Balaban J connectivity index is 0.00000208. The molecule has 3 aliphatic rings. The van der Waals surface area contributed by atoms with Crippen LogP contribution < -0.4 is 11.1 Å². The first-order valence-corrected chi connectivity index (χ1v) is 10.7. The summed E-state index contributed by atoms with van der Waals surface area (Å²) < 4.78 is 24.6. The van der Waals surface area contributed by atoms with Crippen LogP contribution in [0.15, 0.2) is 0 Å². The first-order chi connectivity index (χ1) is 10.8. The highest BCUT2D eigenvalue weighted by atomic mass is 35.5. The molecule has 3 rings (SSSR count). The number of fused-ring (bicyclic) bond motifs is 2. The molecule has 8 heteroatoms. The molecule has 1 aliphatic heterocycles. The number of halogens is 1. The summed E-state index contributed by atoms with van der Waals surface area (Å²) in [7, 11) is -3.11. The lowest BCUT2D eigenvalue weighted by Gasteiger charge is -2.44. The van der Waals surface area contributed by atoms with E-state index in [2.05, 4.69) is 5.32 Å². The van der Waals surface area contributed by atoms with Crippen molar-refractivity contribution in [2.24, 2.45) is 23.5 Å². The molecule has 0 radical (unpaired) electrons. The van der Waals surface area contributed by atoms with Crippen molar-refractivity contribution in [1.29, 1.82) is 0 Å². The highest BCUT2D eigenvalue weighted by Crippen LogP contribution is 2.41. The van der Waals surface area contributed by atoms with Gasteiger partial charge in [0.15, 0.2) is 0 Å². The number of carbonyl (C=O) groups is 1. The van der Waals surface area contributed by atoms with Crippen LogP contribution in [0, 0.1) is 17.8 Å².